The summed E-state index contributed by atoms with van der Waals surface area (Å²) in [6.07, 6.45) is 1.20. The molecule has 0 aliphatic carbocycles. The van der Waals surface area contributed by atoms with Crippen molar-refractivity contribution in [3.8, 4) is 0 Å². The Morgan fingerprint density at radius 2 is 2.20 bits per heavy atom. The zero-order valence-electron chi connectivity index (χ0n) is 11.4. The third-order valence-corrected chi connectivity index (χ3v) is 2.84. The zero-order chi connectivity index (χ0) is 15.0. The van der Waals surface area contributed by atoms with Gasteiger partial charge < -0.3 is 15.8 Å². The van der Waals surface area contributed by atoms with Gasteiger partial charge in [0.1, 0.15) is 0 Å². The van der Waals surface area contributed by atoms with Crippen molar-refractivity contribution in [2.45, 2.75) is 25.4 Å². The van der Waals surface area contributed by atoms with E-state index in [1.165, 1.54) is 6.07 Å². The monoisotopic (exact) mass is 281 g/mol. The van der Waals surface area contributed by atoms with Crippen LogP contribution in [0.4, 0.5) is 5.69 Å². The third-order valence-electron chi connectivity index (χ3n) is 2.84. The van der Waals surface area contributed by atoms with Crippen LogP contribution in [-0.4, -0.2) is 30.6 Å². The summed E-state index contributed by atoms with van der Waals surface area (Å²) in [6.45, 7) is 0.638. The van der Waals surface area contributed by atoms with Crippen molar-refractivity contribution in [1.82, 2.24) is 5.32 Å². The average molecular weight is 281 g/mol. The summed E-state index contributed by atoms with van der Waals surface area (Å²) >= 11 is 0. The number of nitro benzene ring substituents is 1. The van der Waals surface area contributed by atoms with E-state index in [4.69, 9.17) is 10.5 Å². The molecule has 1 atom stereocenters. The molecule has 0 aliphatic heterocycles. The standard InChI is InChI=1S/C13H19N3O4/c1-20-8-4-6-11(14)13(17)15-9-10-5-2-3-7-12(10)16(18)19/h2-3,5,7,11H,4,6,8-9,14H2,1H3,(H,15,17). The van der Waals surface area contributed by atoms with Gasteiger partial charge >= 0.3 is 0 Å². The molecule has 0 aromatic heterocycles. The van der Waals surface area contributed by atoms with Crippen LogP contribution in [0.25, 0.3) is 0 Å². The van der Waals surface area contributed by atoms with Crippen molar-refractivity contribution in [2.24, 2.45) is 5.73 Å². The smallest absolute Gasteiger partial charge is 0.274 e. The fourth-order valence-corrected chi connectivity index (χ4v) is 1.73. The number of nitrogens with two attached hydrogens (primary N) is 1. The Morgan fingerprint density at radius 3 is 2.85 bits per heavy atom. The van der Waals surface area contributed by atoms with Gasteiger partial charge in [-0.1, -0.05) is 18.2 Å². The average Bonchev–Trinajstić information content (AvgIpc) is 2.45. The molecule has 0 saturated carbocycles. The van der Waals surface area contributed by atoms with E-state index in [0.717, 1.165) is 0 Å². The molecule has 20 heavy (non-hydrogen) atoms. The molecule has 0 bridgehead atoms. The third kappa shape index (κ3) is 4.94. The zero-order valence-corrected chi connectivity index (χ0v) is 11.4. The molecular weight excluding hydrogens is 262 g/mol. The summed E-state index contributed by atoms with van der Waals surface area (Å²) in [5.74, 6) is -0.320. The number of para-hydroxylation sites is 1. The van der Waals surface area contributed by atoms with Crippen LogP contribution in [0.2, 0.25) is 0 Å². The molecule has 3 N–H and O–H groups in total. The number of carbonyl (C=O) groups is 1. The maximum atomic E-state index is 11.7. The van der Waals surface area contributed by atoms with Crippen LogP contribution in [-0.2, 0) is 16.1 Å². The minimum Gasteiger partial charge on any atom is -0.385 e. The molecular formula is C13H19N3O4. The van der Waals surface area contributed by atoms with Gasteiger partial charge in [-0.2, -0.15) is 0 Å². The van der Waals surface area contributed by atoms with E-state index >= 15 is 0 Å². The quantitative estimate of drug-likeness (QED) is 0.419. The molecule has 1 unspecified atom stereocenters. The van der Waals surface area contributed by atoms with Crippen LogP contribution in [0.15, 0.2) is 24.3 Å². The fourth-order valence-electron chi connectivity index (χ4n) is 1.73. The highest BCUT2D eigenvalue weighted by atomic mass is 16.6. The SMILES string of the molecule is COCCCC(N)C(=O)NCc1ccccc1[N+](=O)[O-]. The molecule has 7 heteroatoms. The number of nitrogens with zero attached hydrogens (tertiary/aromatic N) is 1. The summed E-state index contributed by atoms with van der Waals surface area (Å²) in [4.78, 5) is 22.1. The number of benzene rings is 1. The van der Waals surface area contributed by atoms with Crippen molar-refractivity contribution >= 4 is 11.6 Å². The molecule has 7 nitrogen and oxygen atoms in total. The lowest BCUT2D eigenvalue weighted by Crippen LogP contribution is -2.40. The predicted octanol–water partition coefficient (Wildman–Crippen LogP) is 0.965. The van der Waals surface area contributed by atoms with Gasteiger partial charge in [-0.25, -0.2) is 0 Å². The van der Waals surface area contributed by atoms with Gasteiger partial charge in [0.15, 0.2) is 0 Å². The Morgan fingerprint density at radius 1 is 1.50 bits per heavy atom. The molecule has 0 saturated heterocycles. The van der Waals surface area contributed by atoms with Crippen LogP contribution in [0.5, 0.6) is 0 Å². The molecule has 0 radical (unpaired) electrons. The second-order valence-corrected chi connectivity index (χ2v) is 4.35. The van der Waals surface area contributed by atoms with E-state index < -0.39 is 11.0 Å². The topological polar surface area (TPSA) is 107 Å². The van der Waals surface area contributed by atoms with E-state index in [9.17, 15) is 14.9 Å². The molecule has 0 fully saturated rings. The maximum absolute atomic E-state index is 11.7. The summed E-state index contributed by atoms with van der Waals surface area (Å²) in [5.41, 5.74) is 6.16. The van der Waals surface area contributed by atoms with Crippen LogP contribution in [0.1, 0.15) is 18.4 Å². The van der Waals surface area contributed by atoms with E-state index in [1.54, 1.807) is 25.3 Å². The number of rotatable bonds is 8. The first-order chi connectivity index (χ1) is 9.56. The maximum Gasteiger partial charge on any atom is 0.274 e. The number of methoxy groups -OCH3 is 1. The molecule has 1 amide bonds. The Balaban J connectivity index is 2.50. The van der Waals surface area contributed by atoms with Gasteiger partial charge in [0, 0.05) is 31.9 Å². The van der Waals surface area contributed by atoms with Crippen molar-refractivity contribution in [3.63, 3.8) is 0 Å². The van der Waals surface area contributed by atoms with Crippen LogP contribution < -0.4 is 11.1 Å². The molecule has 0 spiro atoms. The van der Waals surface area contributed by atoms with Crippen LogP contribution in [0, 0.1) is 10.1 Å². The number of carbonyl (C=O) groups excluding carboxylic acids is 1. The predicted molar refractivity (Wildman–Crippen MR) is 74.0 cm³/mol. The van der Waals surface area contributed by atoms with Gasteiger partial charge in [0.05, 0.1) is 11.0 Å². The number of ether oxygens (including phenoxy) is 1. The normalized spacial score (nSPS) is 11.9. The van der Waals surface area contributed by atoms with Crippen molar-refractivity contribution in [2.75, 3.05) is 13.7 Å². The first-order valence-corrected chi connectivity index (χ1v) is 6.30. The number of nitro groups is 1. The highest BCUT2D eigenvalue weighted by Gasteiger charge is 2.16. The number of hydrogen-bond donors (Lipinski definition) is 2. The Labute approximate surface area is 117 Å². The lowest BCUT2D eigenvalue weighted by atomic mass is 10.1. The van der Waals surface area contributed by atoms with Gasteiger partial charge in [-0.05, 0) is 12.8 Å². The lowest BCUT2D eigenvalue weighted by molar-refractivity contribution is -0.385. The summed E-state index contributed by atoms with van der Waals surface area (Å²) in [6, 6.07) is 5.65. The van der Waals surface area contributed by atoms with Gasteiger partial charge in [-0.3, -0.25) is 14.9 Å². The van der Waals surface area contributed by atoms with E-state index in [1.807, 2.05) is 0 Å². The second kappa shape index (κ2) is 8.23. The Bertz CT molecular complexity index is 465. The largest absolute Gasteiger partial charge is 0.385 e. The van der Waals surface area contributed by atoms with Crippen molar-refractivity contribution < 1.29 is 14.5 Å². The molecule has 1 aromatic carbocycles. The highest BCUT2D eigenvalue weighted by Crippen LogP contribution is 2.17. The van der Waals surface area contributed by atoms with Crippen molar-refractivity contribution in [3.05, 3.63) is 39.9 Å². The number of hydrogen-bond acceptors (Lipinski definition) is 5. The van der Waals surface area contributed by atoms with Gasteiger partial charge in [0.25, 0.3) is 5.69 Å². The van der Waals surface area contributed by atoms with E-state index in [-0.39, 0.29) is 18.1 Å². The highest BCUT2D eigenvalue weighted by molar-refractivity contribution is 5.81. The van der Waals surface area contributed by atoms with Gasteiger partial charge in [-0.15, -0.1) is 0 Å². The van der Waals surface area contributed by atoms with Crippen LogP contribution >= 0.6 is 0 Å². The van der Waals surface area contributed by atoms with E-state index in [0.29, 0.717) is 25.0 Å². The minimum absolute atomic E-state index is 0.0132. The second-order valence-electron chi connectivity index (χ2n) is 4.35. The number of amides is 1. The lowest BCUT2D eigenvalue weighted by Gasteiger charge is -2.12. The molecule has 1 aromatic rings. The van der Waals surface area contributed by atoms with Gasteiger partial charge in [0.2, 0.25) is 5.91 Å². The summed E-state index contributed by atoms with van der Waals surface area (Å²) in [7, 11) is 1.58. The Hall–Kier alpha value is -1.99. The van der Waals surface area contributed by atoms with Crippen LogP contribution in [0.3, 0.4) is 0 Å². The summed E-state index contributed by atoms with van der Waals surface area (Å²) < 4.78 is 4.88. The van der Waals surface area contributed by atoms with Crippen molar-refractivity contribution in [1.29, 1.82) is 0 Å². The summed E-state index contributed by atoms with van der Waals surface area (Å²) in [5, 5.41) is 13.4. The molecule has 110 valence electrons. The molecule has 0 aliphatic rings. The van der Waals surface area contributed by atoms with E-state index in [2.05, 4.69) is 5.32 Å². The first kappa shape index (κ1) is 16.1. The minimum atomic E-state index is -0.632. The fraction of sp³-hybridized carbons (Fsp3) is 0.462. The molecule has 1 rings (SSSR count). The Kier molecular flexibility index (Phi) is 6.61. The molecule has 0 heterocycles. The first-order valence-electron chi connectivity index (χ1n) is 6.30. The number of nitrogens with one attached hydrogen (secondary N) is 1.